The fraction of sp³-hybridized carbons (Fsp3) is 0.350. The summed E-state index contributed by atoms with van der Waals surface area (Å²) in [6.07, 6.45) is 3.40. The number of aryl methyl sites for hydroxylation is 1. The van der Waals surface area contributed by atoms with Gasteiger partial charge in [-0.1, -0.05) is 42.5 Å². The van der Waals surface area contributed by atoms with Gasteiger partial charge in [-0.2, -0.15) is 0 Å². The summed E-state index contributed by atoms with van der Waals surface area (Å²) < 4.78 is 13.3. The number of halogens is 1. The van der Waals surface area contributed by atoms with Gasteiger partial charge in [-0.15, -0.1) is 0 Å². The first-order chi connectivity index (χ1) is 11.6. The summed E-state index contributed by atoms with van der Waals surface area (Å²) in [5.41, 5.74) is 7.74. The number of nitrogens with one attached hydrogen (secondary N) is 1. The molecule has 1 aliphatic heterocycles. The van der Waals surface area contributed by atoms with Crippen LogP contribution in [0.2, 0.25) is 0 Å². The van der Waals surface area contributed by atoms with E-state index in [0.717, 1.165) is 31.4 Å². The summed E-state index contributed by atoms with van der Waals surface area (Å²) in [7, 11) is 0. The van der Waals surface area contributed by atoms with Crippen LogP contribution in [0.25, 0.3) is 0 Å². The molecule has 2 unspecified atom stereocenters. The second-order valence-corrected chi connectivity index (χ2v) is 6.64. The number of amides is 1. The normalized spacial score (nSPS) is 23.8. The van der Waals surface area contributed by atoms with Crippen molar-refractivity contribution in [2.75, 3.05) is 6.54 Å². The lowest BCUT2D eigenvalue weighted by atomic mass is 9.67. The van der Waals surface area contributed by atoms with Crippen LogP contribution < -0.4 is 11.1 Å². The maximum absolute atomic E-state index is 13.3. The van der Waals surface area contributed by atoms with Crippen molar-refractivity contribution in [1.82, 2.24) is 5.32 Å². The number of rotatable bonds is 5. The van der Waals surface area contributed by atoms with Crippen LogP contribution in [0.4, 0.5) is 4.39 Å². The maximum atomic E-state index is 13.3. The molecule has 0 saturated carbocycles. The van der Waals surface area contributed by atoms with Crippen LogP contribution in [-0.4, -0.2) is 18.5 Å². The Bertz CT molecular complexity index is 687. The monoisotopic (exact) mass is 326 g/mol. The molecule has 3 rings (SSSR count). The molecule has 0 radical (unpaired) electrons. The lowest BCUT2D eigenvalue weighted by Crippen LogP contribution is -2.52. The molecule has 1 heterocycles. The van der Waals surface area contributed by atoms with E-state index < -0.39 is 0 Å². The first-order valence-electron chi connectivity index (χ1n) is 8.42. The average Bonchev–Trinajstić information content (AvgIpc) is 2.61. The van der Waals surface area contributed by atoms with Crippen LogP contribution in [0.3, 0.4) is 0 Å². The quantitative estimate of drug-likeness (QED) is 0.887. The highest BCUT2D eigenvalue weighted by Crippen LogP contribution is 2.39. The van der Waals surface area contributed by atoms with E-state index in [9.17, 15) is 9.18 Å². The van der Waals surface area contributed by atoms with Crippen molar-refractivity contribution in [3.05, 3.63) is 71.5 Å². The van der Waals surface area contributed by atoms with Crippen LogP contribution in [0.5, 0.6) is 0 Å². The van der Waals surface area contributed by atoms with Gasteiger partial charge in [0.05, 0.1) is 6.04 Å². The lowest BCUT2D eigenvalue weighted by molar-refractivity contribution is -0.121. The number of carbonyl (C=O) groups excluding carboxylic acids is 1. The Morgan fingerprint density at radius 3 is 2.54 bits per heavy atom. The van der Waals surface area contributed by atoms with Crippen molar-refractivity contribution < 1.29 is 9.18 Å². The van der Waals surface area contributed by atoms with Gasteiger partial charge in [-0.25, -0.2) is 4.39 Å². The highest BCUT2D eigenvalue weighted by Gasteiger charge is 2.39. The molecule has 3 N–H and O–H groups in total. The van der Waals surface area contributed by atoms with Crippen molar-refractivity contribution in [2.24, 2.45) is 5.73 Å². The van der Waals surface area contributed by atoms with E-state index in [0.29, 0.717) is 6.42 Å². The van der Waals surface area contributed by atoms with Gasteiger partial charge in [0.2, 0.25) is 5.91 Å². The molecule has 3 nitrogen and oxygen atoms in total. The first-order valence-corrected chi connectivity index (χ1v) is 8.42. The molecule has 126 valence electrons. The number of primary amides is 1. The van der Waals surface area contributed by atoms with Crippen molar-refractivity contribution >= 4 is 5.91 Å². The molecule has 1 aliphatic rings. The third kappa shape index (κ3) is 3.65. The van der Waals surface area contributed by atoms with Crippen LogP contribution in [0.15, 0.2) is 54.6 Å². The largest absolute Gasteiger partial charge is 0.368 e. The summed E-state index contributed by atoms with van der Waals surface area (Å²) in [6, 6.07) is 16.7. The van der Waals surface area contributed by atoms with Gasteiger partial charge >= 0.3 is 0 Å². The van der Waals surface area contributed by atoms with Crippen LogP contribution in [0.1, 0.15) is 30.4 Å². The third-order valence-electron chi connectivity index (χ3n) is 5.12. The third-order valence-corrected chi connectivity index (χ3v) is 5.12. The Morgan fingerprint density at radius 2 is 1.88 bits per heavy atom. The highest BCUT2D eigenvalue weighted by molar-refractivity contribution is 5.80. The molecular formula is C20H23FN2O. The van der Waals surface area contributed by atoms with Gasteiger partial charge < -0.3 is 11.1 Å². The SMILES string of the molecule is NC(=O)C1CC(CCc2ccccc2)(c2ccc(F)cc2)CCN1. The Morgan fingerprint density at radius 1 is 1.17 bits per heavy atom. The summed E-state index contributed by atoms with van der Waals surface area (Å²) in [6.45, 7) is 0.736. The number of piperidine rings is 1. The smallest absolute Gasteiger partial charge is 0.234 e. The molecule has 4 heteroatoms. The fourth-order valence-corrected chi connectivity index (χ4v) is 3.72. The van der Waals surface area contributed by atoms with Crippen LogP contribution in [-0.2, 0) is 16.6 Å². The van der Waals surface area contributed by atoms with Gasteiger partial charge in [-0.3, -0.25) is 4.79 Å². The van der Waals surface area contributed by atoms with E-state index in [2.05, 4.69) is 17.4 Å². The Balaban J connectivity index is 1.88. The molecule has 1 saturated heterocycles. The van der Waals surface area contributed by atoms with Crippen LogP contribution >= 0.6 is 0 Å². The van der Waals surface area contributed by atoms with Gasteiger partial charge in [0, 0.05) is 0 Å². The maximum Gasteiger partial charge on any atom is 0.234 e. The zero-order chi connectivity index (χ0) is 17.0. The Labute approximate surface area is 142 Å². The molecule has 2 aromatic rings. The zero-order valence-corrected chi connectivity index (χ0v) is 13.7. The van der Waals surface area contributed by atoms with Crippen molar-refractivity contribution in [3.8, 4) is 0 Å². The second-order valence-electron chi connectivity index (χ2n) is 6.64. The zero-order valence-electron chi connectivity index (χ0n) is 13.7. The second kappa shape index (κ2) is 7.14. The predicted octanol–water partition coefficient (Wildman–Crippen LogP) is 2.93. The summed E-state index contributed by atoms with van der Waals surface area (Å²) in [5.74, 6) is -0.557. The van der Waals surface area contributed by atoms with Crippen molar-refractivity contribution in [3.63, 3.8) is 0 Å². The minimum absolute atomic E-state index is 0.158. The molecule has 0 aliphatic carbocycles. The fourth-order valence-electron chi connectivity index (χ4n) is 3.72. The number of nitrogens with two attached hydrogens (primary N) is 1. The molecule has 0 spiro atoms. The predicted molar refractivity (Wildman–Crippen MR) is 93.1 cm³/mol. The minimum atomic E-state index is -0.334. The van der Waals surface area contributed by atoms with E-state index in [1.54, 1.807) is 0 Å². The van der Waals surface area contributed by atoms with Crippen molar-refractivity contribution in [2.45, 2.75) is 37.1 Å². The molecule has 24 heavy (non-hydrogen) atoms. The van der Waals surface area contributed by atoms with Crippen molar-refractivity contribution in [1.29, 1.82) is 0 Å². The molecule has 2 aromatic carbocycles. The number of hydrogen-bond donors (Lipinski definition) is 2. The lowest BCUT2D eigenvalue weighted by Gasteiger charge is -2.41. The van der Waals surface area contributed by atoms with Gasteiger partial charge in [0.15, 0.2) is 0 Å². The standard InChI is InChI=1S/C20H23FN2O/c21-17-8-6-16(7-9-17)20(11-10-15-4-2-1-3-5-15)12-13-23-18(14-20)19(22)24/h1-9,18,23H,10-14H2,(H2,22,24). The van der Waals surface area contributed by atoms with E-state index in [4.69, 9.17) is 5.73 Å². The van der Waals surface area contributed by atoms with Gasteiger partial charge in [0.25, 0.3) is 0 Å². The molecule has 1 amide bonds. The number of hydrogen-bond acceptors (Lipinski definition) is 2. The molecule has 1 fully saturated rings. The Kier molecular flexibility index (Phi) is 4.95. The minimum Gasteiger partial charge on any atom is -0.368 e. The van der Waals surface area contributed by atoms with E-state index in [-0.39, 0.29) is 23.2 Å². The van der Waals surface area contributed by atoms with Gasteiger partial charge in [0.1, 0.15) is 5.82 Å². The topological polar surface area (TPSA) is 55.1 Å². The number of benzene rings is 2. The summed E-state index contributed by atoms with van der Waals surface area (Å²) >= 11 is 0. The van der Waals surface area contributed by atoms with E-state index in [1.807, 2.05) is 30.3 Å². The molecule has 0 aromatic heterocycles. The Hall–Kier alpha value is -2.20. The van der Waals surface area contributed by atoms with E-state index >= 15 is 0 Å². The van der Waals surface area contributed by atoms with Gasteiger partial charge in [-0.05, 0) is 60.9 Å². The average molecular weight is 326 g/mol. The summed E-state index contributed by atoms with van der Waals surface area (Å²) in [4.78, 5) is 11.7. The summed E-state index contributed by atoms with van der Waals surface area (Å²) in [5, 5.41) is 3.20. The molecular weight excluding hydrogens is 303 g/mol. The highest BCUT2D eigenvalue weighted by atomic mass is 19.1. The first kappa shape index (κ1) is 16.7. The van der Waals surface area contributed by atoms with Crippen LogP contribution in [0, 0.1) is 5.82 Å². The number of carbonyl (C=O) groups is 1. The van der Waals surface area contributed by atoms with E-state index in [1.165, 1.54) is 17.7 Å². The molecule has 0 bridgehead atoms. The molecule has 2 atom stereocenters.